The Kier molecular flexibility index (Phi) is 3.28. The number of para-hydroxylation sites is 1. The van der Waals surface area contributed by atoms with Crippen molar-refractivity contribution in [3.8, 4) is 11.5 Å². The van der Waals surface area contributed by atoms with E-state index in [1.807, 2.05) is 0 Å². The Labute approximate surface area is 93.6 Å². The quantitative estimate of drug-likeness (QED) is 0.674. The Morgan fingerprint density at radius 1 is 1.38 bits per heavy atom. The zero-order valence-electron chi connectivity index (χ0n) is 9.01. The fraction of sp³-hybridized carbons (Fsp3) is 0.455. The van der Waals surface area contributed by atoms with Crippen molar-refractivity contribution < 1.29 is 19.7 Å². The molecule has 5 nitrogen and oxygen atoms in total. The van der Waals surface area contributed by atoms with E-state index in [2.05, 4.69) is 5.32 Å². The maximum absolute atomic E-state index is 9.96. The fourth-order valence-electron chi connectivity index (χ4n) is 1.71. The third-order valence-electron chi connectivity index (χ3n) is 2.52. The van der Waals surface area contributed by atoms with Crippen LogP contribution in [0.3, 0.4) is 0 Å². The second-order valence-electron chi connectivity index (χ2n) is 3.65. The number of fused-ring (bicyclic) bond motifs is 1. The molecule has 1 heterocycles. The molecule has 5 heteroatoms. The first-order chi connectivity index (χ1) is 7.74. The molecule has 0 radical (unpaired) electrons. The van der Waals surface area contributed by atoms with Gasteiger partial charge >= 0.3 is 0 Å². The first-order valence-electron chi connectivity index (χ1n) is 5.13. The van der Waals surface area contributed by atoms with Gasteiger partial charge in [-0.15, -0.1) is 0 Å². The summed E-state index contributed by atoms with van der Waals surface area (Å²) in [5.41, 5.74) is 0.553. The minimum absolute atomic E-state index is 0.154. The molecule has 0 amide bonds. The third kappa shape index (κ3) is 1.97. The zero-order chi connectivity index (χ0) is 11.5. The first kappa shape index (κ1) is 11.2. The Bertz CT molecular complexity index is 369. The highest BCUT2D eigenvalue weighted by atomic mass is 16.7. The largest absolute Gasteiger partial charge is 0.454 e. The van der Waals surface area contributed by atoms with Crippen LogP contribution in [0.2, 0.25) is 0 Å². The predicted octanol–water partition coefficient (Wildman–Crippen LogP) is 0.0290. The van der Waals surface area contributed by atoms with E-state index in [1.54, 1.807) is 25.2 Å². The van der Waals surface area contributed by atoms with Crippen LogP contribution in [0, 0.1) is 0 Å². The molecule has 0 aromatic heterocycles. The highest BCUT2D eigenvalue weighted by Crippen LogP contribution is 2.39. The van der Waals surface area contributed by atoms with Gasteiger partial charge in [0.15, 0.2) is 11.5 Å². The highest BCUT2D eigenvalue weighted by Gasteiger charge is 2.26. The van der Waals surface area contributed by atoms with Gasteiger partial charge in [0.1, 0.15) is 6.10 Å². The van der Waals surface area contributed by atoms with Gasteiger partial charge in [0, 0.05) is 12.1 Å². The normalized spacial score (nSPS) is 17.2. The molecule has 1 aliphatic heterocycles. The summed E-state index contributed by atoms with van der Waals surface area (Å²) in [6, 6.07) is 5.25. The molecule has 88 valence electrons. The Hall–Kier alpha value is -1.30. The van der Waals surface area contributed by atoms with Crippen molar-refractivity contribution >= 4 is 0 Å². The number of rotatable bonds is 4. The number of nitrogens with one attached hydrogen (secondary N) is 1. The molecular weight excluding hydrogens is 210 g/mol. The van der Waals surface area contributed by atoms with Gasteiger partial charge in [0.2, 0.25) is 6.79 Å². The van der Waals surface area contributed by atoms with E-state index >= 15 is 0 Å². The summed E-state index contributed by atoms with van der Waals surface area (Å²) < 4.78 is 10.5. The van der Waals surface area contributed by atoms with Crippen LogP contribution < -0.4 is 14.8 Å². The standard InChI is InChI=1S/C11H15NO4/c1-12-5-8(13)10(14)7-3-2-4-9-11(7)16-6-15-9/h2-4,8,10,12-14H,5-6H2,1H3. The van der Waals surface area contributed by atoms with Crippen molar-refractivity contribution in [2.45, 2.75) is 12.2 Å². The minimum Gasteiger partial charge on any atom is -0.454 e. The minimum atomic E-state index is -0.982. The number of aliphatic hydroxyl groups is 2. The van der Waals surface area contributed by atoms with Crippen molar-refractivity contribution in [2.24, 2.45) is 0 Å². The zero-order valence-corrected chi connectivity index (χ0v) is 9.01. The summed E-state index contributed by atoms with van der Waals surface area (Å²) in [4.78, 5) is 0. The number of aliphatic hydroxyl groups excluding tert-OH is 2. The summed E-state index contributed by atoms with van der Waals surface area (Å²) in [5.74, 6) is 1.12. The van der Waals surface area contributed by atoms with Gasteiger partial charge in [-0.1, -0.05) is 12.1 Å². The number of ether oxygens (including phenoxy) is 2. The van der Waals surface area contributed by atoms with E-state index in [-0.39, 0.29) is 6.79 Å². The summed E-state index contributed by atoms with van der Waals surface area (Å²) in [6.07, 6.45) is -1.86. The lowest BCUT2D eigenvalue weighted by molar-refractivity contribution is 0.0186. The van der Waals surface area contributed by atoms with Crippen LogP contribution in [-0.2, 0) is 0 Å². The van der Waals surface area contributed by atoms with Gasteiger partial charge in [0.25, 0.3) is 0 Å². The van der Waals surface area contributed by atoms with Gasteiger partial charge in [-0.3, -0.25) is 0 Å². The summed E-state index contributed by atoms with van der Waals surface area (Å²) in [6.45, 7) is 0.465. The molecule has 0 aliphatic carbocycles. The number of likely N-dealkylation sites (N-methyl/N-ethyl adjacent to an activating group) is 1. The van der Waals surface area contributed by atoms with Crippen LogP contribution in [0.25, 0.3) is 0 Å². The highest BCUT2D eigenvalue weighted by molar-refractivity contribution is 5.49. The Balaban J connectivity index is 2.23. The van der Waals surface area contributed by atoms with Gasteiger partial charge in [0.05, 0.1) is 6.10 Å². The van der Waals surface area contributed by atoms with Crippen LogP contribution in [0.4, 0.5) is 0 Å². The molecule has 0 fully saturated rings. The van der Waals surface area contributed by atoms with Crippen molar-refractivity contribution in [1.29, 1.82) is 0 Å². The summed E-state index contributed by atoms with van der Waals surface area (Å²) >= 11 is 0. The SMILES string of the molecule is CNCC(O)C(O)c1cccc2c1OCO2. The second kappa shape index (κ2) is 4.69. The maximum atomic E-state index is 9.96. The molecule has 0 saturated carbocycles. The van der Waals surface area contributed by atoms with Gasteiger partial charge in [-0.2, -0.15) is 0 Å². The summed E-state index contributed by atoms with van der Waals surface area (Å²) in [5, 5.41) is 22.5. The van der Waals surface area contributed by atoms with Gasteiger partial charge in [-0.25, -0.2) is 0 Å². The Morgan fingerprint density at radius 3 is 2.94 bits per heavy atom. The number of hydrogen-bond acceptors (Lipinski definition) is 5. The van der Waals surface area contributed by atoms with E-state index in [0.717, 1.165) is 0 Å². The molecule has 0 bridgehead atoms. The molecule has 1 aromatic carbocycles. The molecule has 16 heavy (non-hydrogen) atoms. The van der Waals surface area contributed by atoms with Crippen LogP contribution in [-0.4, -0.2) is 36.7 Å². The van der Waals surface area contributed by atoms with Gasteiger partial charge < -0.3 is 25.0 Å². The molecule has 0 spiro atoms. The maximum Gasteiger partial charge on any atom is 0.231 e. The lowest BCUT2D eigenvalue weighted by Crippen LogP contribution is -2.29. The van der Waals surface area contributed by atoms with Crippen LogP contribution >= 0.6 is 0 Å². The third-order valence-corrected chi connectivity index (χ3v) is 2.52. The lowest BCUT2D eigenvalue weighted by atomic mass is 10.0. The molecule has 2 atom stereocenters. The monoisotopic (exact) mass is 225 g/mol. The Morgan fingerprint density at radius 2 is 2.19 bits per heavy atom. The van der Waals surface area contributed by atoms with Crippen molar-refractivity contribution in [2.75, 3.05) is 20.4 Å². The average Bonchev–Trinajstić information content (AvgIpc) is 2.76. The van der Waals surface area contributed by atoms with E-state index in [1.165, 1.54) is 0 Å². The first-order valence-corrected chi connectivity index (χ1v) is 5.13. The predicted molar refractivity (Wildman–Crippen MR) is 57.5 cm³/mol. The molecule has 2 unspecified atom stereocenters. The van der Waals surface area contributed by atoms with Crippen LogP contribution in [0.5, 0.6) is 11.5 Å². The molecule has 1 aliphatic rings. The second-order valence-corrected chi connectivity index (χ2v) is 3.65. The number of hydrogen-bond donors (Lipinski definition) is 3. The van der Waals surface area contributed by atoms with E-state index in [4.69, 9.17) is 9.47 Å². The van der Waals surface area contributed by atoms with E-state index < -0.39 is 12.2 Å². The van der Waals surface area contributed by atoms with Crippen molar-refractivity contribution in [3.63, 3.8) is 0 Å². The molecule has 3 N–H and O–H groups in total. The fourth-order valence-corrected chi connectivity index (χ4v) is 1.71. The lowest BCUT2D eigenvalue weighted by Gasteiger charge is -2.18. The van der Waals surface area contributed by atoms with Crippen molar-refractivity contribution in [1.82, 2.24) is 5.32 Å². The van der Waals surface area contributed by atoms with E-state index in [9.17, 15) is 10.2 Å². The van der Waals surface area contributed by atoms with Crippen molar-refractivity contribution in [3.05, 3.63) is 23.8 Å². The molecular formula is C11H15NO4. The van der Waals surface area contributed by atoms with Crippen LogP contribution in [0.15, 0.2) is 18.2 Å². The van der Waals surface area contributed by atoms with E-state index in [0.29, 0.717) is 23.6 Å². The van der Waals surface area contributed by atoms with Gasteiger partial charge in [-0.05, 0) is 13.1 Å². The summed E-state index contributed by atoms with van der Waals surface area (Å²) in [7, 11) is 1.71. The van der Waals surface area contributed by atoms with Crippen LogP contribution in [0.1, 0.15) is 11.7 Å². The molecule has 2 rings (SSSR count). The average molecular weight is 225 g/mol. The smallest absolute Gasteiger partial charge is 0.231 e. The number of benzene rings is 1. The molecule has 0 saturated heterocycles. The topological polar surface area (TPSA) is 71.0 Å². The molecule has 1 aromatic rings.